The molecule has 2 N–H and O–H groups in total. The Labute approximate surface area is 156 Å². The van der Waals surface area contributed by atoms with Crippen molar-refractivity contribution in [1.29, 1.82) is 0 Å². The number of carbonyl (C=O) groups excluding carboxylic acids is 1. The summed E-state index contributed by atoms with van der Waals surface area (Å²) in [5.74, 6) is 0.309. The molecule has 6 nitrogen and oxygen atoms in total. The number of aromatic nitrogens is 4. The maximum atomic E-state index is 13.3. The van der Waals surface area contributed by atoms with E-state index in [2.05, 4.69) is 34.5 Å². The molecule has 0 unspecified atom stereocenters. The van der Waals surface area contributed by atoms with Gasteiger partial charge in [-0.05, 0) is 37.1 Å². The van der Waals surface area contributed by atoms with E-state index in [0.29, 0.717) is 6.42 Å². The van der Waals surface area contributed by atoms with Gasteiger partial charge in [0.1, 0.15) is 11.6 Å². The Morgan fingerprint density at radius 3 is 2.63 bits per heavy atom. The van der Waals surface area contributed by atoms with Crippen molar-refractivity contribution >= 4 is 11.7 Å². The lowest BCUT2D eigenvalue weighted by Crippen LogP contribution is -2.26. The van der Waals surface area contributed by atoms with Crippen molar-refractivity contribution in [3.05, 3.63) is 53.6 Å². The third-order valence-corrected chi connectivity index (χ3v) is 5.31. The molecule has 0 aliphatic carbocycles. The van der Waals surface area contributed by atoms with E-state index in [-0.39, 0.29) is 23.7 Å². The van der Waals surface area contributed by atoms with E-state index in [1.807, 2.05) is 10.9 Å². The van der Waals surface area contributed by atoms with Gasteiger partial charge < -0.3 is 5.32 Å². The number of anilines is 1. The Bertz CT molecular complexity index is 955. The number of hydrogen-bond acceptors (Lipinski definition) is 3. The van der Waals surface area contributed by atoms with Crippen LogP contribution in [0.25, 0.3) is 11.3 Å². The van der Waals surface area contributed by atoms with Gasteiger partial charge in [-0.15, -0.1) is 0 Å². The van der Waals surface area contributed by atoms with Crippen LogP contribution >= 0.6 is 0 Å². The van der Waals surface area contributed by atoms with Gasteiger partial charge in [0.15, 0.2) is 0 Å². The maximum Gasteiger partial charge on any atom is 0.226 e. The molecular formula is C20H22FN5O. The fourth-order valence-electron chi connectivity index (χ4n) is 3.83. The minimum Gasteiger partial charge on any atom is -0.311 e. The molecule has 1 atom stereocenters. The molecule has 27 heavy (non-hydrogen) atoms. The van der Waals surface area contributed by atoms with Gasteiger partial charge in [-0.3, -0.25) is 9.89 Å². The van der Waals surface area contributed by atoms with Crippen LogP contribution in [0.1, 0.15) is 56.2 Å². The summed E-state index contributed by atoms with van der Waals surface area (Å²) in [5.41, 5.74) is 3.55. The van der Waals surface area contributed by atoms with Crippen molar-refractivity contribution in [2.45, 2.75) is 45.1 Å². The molecule has 0 spiro atoms. The van der Waals surface area contributed by atoms with Gasteiger partial charge >= 0.3 is 0 Å². The molecule has 1 amide bonds. The number of hydrogen-bond donors (Lipinski definition) is 2. The SMILES string of the molecule is CCC(CC)n1ncc2c1NC(=O)C[C@@H]2c1cn[nH]c1-c1ccc(F)cc1. The Kier molecular flexibility index (Phi) is 4.51. The molecule has 0 saturated carbocycles. The number of carbonyl (C=O) groups is 1. The third kappa shape index (κ3) is 3.03. The van der Waals surface area contributed by atoms with Crippen LogP contribution < -0.4 is 5.32 Å². The highest BCUT2D eigenvalue weighted by atomic mass is 19.1. The maximum absolute atomic E-state index is 13.3. The normalized spacial score (nSPS) is 16.4. The minimum absolute atomic E-state index is 0.0357. The number of amides is 1. The minimum atomic E-state index is -0.286. The van der Waals surface area contributed by atoms with E-state index in [9.17, 15) is 9.18 Å². The first-order chi connectivity index (χ1) is 13.1. The van der Waals surface area contributed by atoms with Crippen molar-refractivity contribution in [2.75, 3.05) is 5.32 Å². The lowest BCUT2D eigenvalue weighted by Gasteiger charge is -2.25. The first-order valence-electron chi connectivity index (χ1n) is 9.28. The molecule has 4 rings (SSSR count). The van der Waals surface area contributed by atoms with E-state index < -0.39 is 0 Å². The standard InChI is InChI=1S/C20H22FN5O/c1-3-14(4-2)26-20-17(11-23-26)15(9-18(27)24-20)16-10-22-25-19(16)12-5-7-13(21)8-6-12/h5-8,10-11,14-15H,3-4,9H2,1-2H3,(H,22,25)(H,24,27)/t15-/m1/s1. The molecule has 3 aromatic rings. The Morgan fingerprint density at radius 2 is 1.93 bits per heavy atom. The number of H-pyrrole nitrogens is 1. The predicted octanol–water partition coefficient (Wildman–Crippen LogP) is 4.25. The molecule has 0 fully saturated rings. The predicted molar refractivity (Wildman–Crippen MR) is 101 cm³/mol. The van der Waals surface area contributed by atoms with Crippen LogP contribution in [0.2, 0.25) is 0 Å². The average Bonchev–Trinajstić information content (AvgIpc) is 3.31. The first-order valence-corrected chi connectivity index (χ1v) is 9.28. The van der Waals surface area contributed by atoms with Gasteiger partial charge in [0.05, 0.1) is 24.1 Å². The number of nitrogens with zero attached hydrogens (tertiary/aromatic N) is 3. The monoisotopic (exact) mass is 367 g/mol. The van der Waals surface area contributed by atoms with Crippen molar-refractivity contribution < 1.29 is 9.18 Å². The second kappa shape index (κ2) is 6.98. The molecule has 7 heteroatoms. The summed E-state index contributed by atoms with van der Waals surface area (Å²) in [4.78, 5) is 12.4. The lowest BCUT2D eigenvalue weighted by molar-refractivity contribution is -0.116. The van der Waals surface area contributed by atoms with Crippen LogP contribution in [0.5, 0.6) is 0 Å². The van der Waals surface area contributed by atoms with Crippen molar-refractivity contribution in [3.8, 4) is 11.3 Å². The molecule has 1 aliphatic rings. The lowest BCUT2D eigenvalue weighted by atomic mass is 9.86. The van der Waals surface area contributed by atoms with Crippen LogP contribution in [0.4, 0.5) is 10.2 Å². The zero-order valence-corrected chi connectivity index (χ0v) is 15.4. The number of halogens is 1. The highest BCUT2D eigenvalue weighted by Gasteiger charge is 2.33. The molecule has 0 saturated heterocycles. The zero-order chi connectivity index (χ0) is 19.0. The second-order valence-corrected chi connectivity index (χ2v) is 6.88. The number of rotatable bonds is 5. The van der Waals surface area contributed by atoms with E-state index in [0.717, 1.165) is 41.0 Å². The molecule has 140 valence electrons. The Balaban J connectivity index is 1.78. The van der Waals surface area contributed by atoms with Crippen molar-refractivity contribution in [2.24, 2.45) is 0 Å². The van der Waals surface area contributed by atoms with Crippen LogP contribution in [0.15, 0.2) is 36.7 Å². The summed E-state index contributed by atoms with van der Waals surface area (Å²) in [6, 6.07) is 6.51. The van der Waals surface area contributed by atoms with Crippen molar-refractivity contribution in [3.63, 3.8) is 0 Å². The highest BCUT2D eigenvalue weighted by Crippen LogP contribution is 2.41. The second-order valence-electron chi connectivity index (χ2n) is 6.88. The summed E-state index contributed by atoms with van der Waals surface area (Å²) in [6.45, 7) is 4.24. The van der Waals surface area contributed by atoms with Crippen molar-refractivity contribution in [1.82, 2.24) is 20.0 Å². The van der Waals surface area contributed by atoms with Crippen LogP contribution in [-0.4, -0.2) is 25.9 Å². The molecule has 3 heterocycles. The number of fused-ring (bicyclic) bond motifs is 1. The topological polar surface area (TPSA) is 75.6 Å². The average molecular weight is 367 g/mol. The van der Waals surface area contributed by atoms with E-state index in [1.165, 1.54) is 12.1 Å². The third-order valence-electron chi connectivity index (χ3n) is 5.31. The van der Waals surface area contributed by atoms with Crippen LogP contribution in [0, 0.1) is 5.82 Å². The summed E-state index contributed by atoms with van der Waals surface area (Å²) in [6.07, 6.45) is 5.81. The molecule has 1 aliphatic heterocycles. The largest absolute Gasteiger partial charge is 0.311 e. The quantitative estimate of drug-likeness (QED) is 0.708. The van der Waals surface area contributed by atoms with Gasteiger partial charge in [0.2, 0.25) is 5.91 Å². The summed E-state index contributed by atoms with van der Waals surface area (Å²) in [5, 5.41) is 14.8. The van der Waals surface area contributed by atoms with Gasteiger partial charge in [-0.1, -0.05) is 13.8 Å². The molecule has 0 radical (unpaired) electrons. The summed E-state index contributed by atoms with van der Waals surface area (Å²) < 4.78 is 15.2. The fourth-order valence-corrected chi connectivity index (χ4v) is 3.83. The molecule has 2 aromatic heterocycles. The zero-order valence-electron chi connectivity index (χ0n) is 15.4. The first kappa shape index (κ1) is 17.5. The number of aromatic amines is 1. The van der Waals surface area contributed by atoms with Crippen LogP contribution in [-0.2, 0) is 4.79 Å². The summed E-state index contributed by atoms with van der Waals surface area (Å²) in [7, 11) is 0. The Hall–Kier alpha value is -2.96. The molecular weight excluding hydrogens is 345 g/mol. The van der Waals surface area contributed by atoms with Gasteiger partial charge in [-0.2, -0.15) is 10.2 Å². The smallest absolute Gasteiger partial charge is 0.226 e. The van der Waals surface area contributed by atoms with E-state index in [1.54, 1.807) is 18.3 Å². The summed E-state index contributed by atoms with van der Waals surface area (Å²) >= 11 is 0. The van der Waals surface area contributed by atoms with E-state index in [4.69, 9.17) is 0 Å². The number of benzene rings is 1. The molecule has 1 aromatic carbocycles. The number of nitrogens with one attached hydrogen (secondary N) is 2. The Morgan fingerprint density at radius 1 is 1.19 bits per heavy atom. The van der Waals surface area contributed by atoms with Crippen LogP contribution in [0.3, 0.4) is 0 Å². The highest BCUT2D eigenvalue weighted by molar-refractivity contribution is 5.94. The van der Waals surface area contributed by atoms with Gasteiger partial charge in [0.25, 0.3) is 0 Å². The van der Waals surface area contributed by atoms with Gasteiger partial charge in [0, 0.05) is 29.0 Å². The molecule has 0 bridgehead atoms. The van der Waals surface area contributed by atoms with E-state index >= 15 is 0 Å². The van der Waals surface area contributed by atoms with Gasteiger partial charge in [-0.25, -0.2) is 9.07 Å². The fraction of sp³-hybridized carbons (Fsp3) is 0.350.